The summed E-state index contributed by atoms with van der Waals surface area (Å²) >= 11 is 0. The molecule has 3 nitrogen and oxygen atoms in total. The van der Waals surface area contributed by atoms with Crippen LogP contribution in [0, 0.1) is 6.92 Å². The van der Waals surface area contributed by atoms with E-state index in [0.717, 1.165) is 23.3 Å². The summed E-state index contributed by atoms with van der Waals surface area (Å²) in [6.07, 6.45) is 2.11. The topological polar surface area (TPSA) is 38.7 Å². The second-order valence-electron chi connectivity index (χ2n) is 3.88. The number of aliphatic hydroxyl groups excluding tert-OH is 1. The zero-order valence-corrected chi connectivity index (χ0v) is 9.56. The van der Waals surface area contributed by atoms with Gasteiger partial charge < -0.3 is 14.6 Å². The Morgan fingerprint density at radius 2 is 2.25 bits per heavy atom. The Morgan fingerprint density at radius 3 is 2.88 bits per heavy atom. The number of benzene rings is 1. The minimum absolute atomic E-state index is 0.644. The van der Waals surface area contributed by atoms with E-state index < -0.39 is 6.10 Å². The molecule has 0 amide bonds. The Balaban J connectivity index is 2.26. The van der Waals surface area contributed by atoms with E-state index in [1.165, 1.54) is 0 Å². The number of ether oxygens (including phenoxy) is 2. The van der Waals surface area contributed by atoms with Gasteiger partial charge in [-0.2, -0.15) is 0 Å². The molecule has 1 N–H and O–H groups in total. The van der Waals surface area contributed by atoms with Crippen molar-refractivity contribution in [3.63, 3.8) is 0 Å². The first kappa shape index (κ1) is 11.0. The lowest BCUT2D eigenvalue weighted by Gasteiger charge is -2.14. The third kappa shape index (κ3) is 2.04. The van der Waals surface area contributed by atoms with Gasteiger partial charge in [-0.15, -0.1) is 0 Å². The van der Waals surface area contributed by atoms with Crippen LogP contribution in [0.15, 0.2) is 30.0 Å². The molecule has 0 aromatic heterocycles. The summed E-state index contributed by atoms with van der Waals surface area (Å²) in [5.74, 6) is 1.43. The SMILES string of the molecule is COc1cc(C(O)C2=CCCO2)ccc1C. The van der Waals surface area contributed by atoms with Crippen LogP contribution in [0.1, 0.15) is 23.7 Å². The van der Waals surface area contributed by atoms with Crippen LogP contribution in [-0.2, 0) is 4.74 Å². The van der Waals surface area contributed by atoms with Crippen LogP contribution in [-0.4, -0.2) is 18.8 Å². The highest BCUT2D eigenvalue weighted by molar-refractivity contribution is 5.39. The van der Waals surface area contributed by atoms with Gasteiger partial charge in [-0.1, -0.05) is 12.1 Å². The van der Waals surface area contributed by atoms with Crippen LogP contribution in [0.5, 0.6) is 5.75 Å². The Kier molecular flexibility index (Phi) is 3.15. The molecule has 1 atom stereocenters. The van der Waals surface area contributed by atoms with Crippen LogP contribution < -0.4 is 4.74 Å². The Labute approximate surface area is 95.3 Å². The van der Waals surface area contributed by atoms with Gasteiger partial charge in [0.25, 0.3) is 0 Å². The van der Waals surface area contributed by atoms with Crippen molar-refractivity contribution in [1.29, 1.82) is 0 Å². The molecule has 0 fully saturated rings. The minimum Gasteiger partial charge on any atom is -0.496 e. The minimum atomic E-state index is -0.683. The third-order valence-electron chi connectivity index (χ3n) is 2.75. The molecule has 0 bridgehead atoms. The fourth-order valence-corrected chi connectivity index (χ4v) is 1.80. The van der Waals surface area contributed by atoms with Crippen molar-refractivity contribution in [2.24, 2.45) is 0 Å². The number of methoxy groups -OCH3 is 1. The molecule has 1 aliphatic rings. The summed E-state index contributed by atoms with van der Waals surface area (Å²) < 4.78 is 10.6. The first-order chi connectivity index (χ1) is 7.72. The zero-order valence-electron chi connectivity index (χ0n) is 9.56. The molecule has 3 heteroatoms. The van der Waals surface area contributed by atoms with Crippen LogP contribution in [0.2, 0.25) is 0 Å². The molecule has 0 aliphatic carbocycles. The van der Waals surface area contributed by atoms with Crippen LogP contribution >= 0.6 is 0 Å². The summed E-state index contributed by atoms with van der Waals surface area (Å²) in [6, 6.07) is 5.68. The highest BCUT2D eigenvalue weighted by Gasteiger charge is 2.18. The lowest BCUT2D eigenvalue weighted by atomic mass is 10.0. The Bertz CT molecular complexity index is 410. The van der Waals surface area contributed by atoms with E-state index >= 15 is 0 Å². The molecule has 1 aliphatic heterocycles. The van der Waals surface area contributed by atoms with E-state index in [1.54, 1.807) is 7.11 Å². The third-order valence-corrected chi connectivity index (χ3v) is 2.75. The Hall–Kier alpha value is -1.48. The number of aryl methyl sites for hydroxylation is 1. The first-order valence-electron chi connectivity index (χ1n) is 5.38. The van der Waals surface area contributed by atoms with Gasteiger partial charge in [0.1, 0.15) is 17.6 Å². The molecule has 1 unspecified atom stereocenters. The van der Waals surface area contributed by atoms with Gasteiger partial charge in [0.05, 0.1) is 13.7 Å². The molecule has 0 spiro atoms. The van der Waals surface area contributed by atoms with E-state index in [9.17, 15) is 5.11 Å². The predicted molar refractivity (Wildman–Crippen MR) is 61.3 cm³/mol. The van der Waals surface area contributed by atoms with Crippen molar-refractivity contribution in [3.8, 4) is 5.75 Å². The molecule has 1 aromatic carbocycles. The normalized spacial score (nSPS) is 16.6. The van der Waals surface area contributed by atoms with Gasteiger partial charge in [0, 0.05) is 6.42 Å². The van der Waals surface area contributed by atoms with Crippen molar-refractivity contribution in [2.45, 2.75) is 19.4 Å². The molecule has 86 valence electrons. The summed E-state index contributed by atoms with van der Waals surface area (Å²) in [7, 11) is 1.63. The van der Waals surface area contributed by atoms with Gasteiger partial charge in [-0.3, -0.25) is 0 Å². The molecular weight excluding hydrogens is 204 g/mol. The van der Waals surface area contributed by atoms with Gasteiger partial charge in [0.15, 0.2) is 0 Å². The molecule has 0 radical (unpaired) electrons. The highest BCUT2D eigenvalue weighted by Crippen LogP contribution is 2.29. The lowest BCUT2D eigenvalue weighted by molar-refractivity contribution is 0.118. The van der Waals surface area contributed by atoms with E-state index in [-0.39, 0.29) is 0 Å². The molecule has 16 heavy (non-hydrogen) atoms. The van der Waals surface area contributed by atoms with Gasteiger partial charge in [-0.25, -0.2) is 0 Å². The summed E-state index contributed by atoms with van der Waals surface area (Å²) in [5, 5.41) is 10.1. The predicted octanol–water partition coefficient (Wildman–Crippen LogP) is 2.34. The van der Waals surface area contributed by atoms with Crippen LogP contribution in [0.3, 0.4) is 0 Å². The fraction of sp³-hybridized carbons (Fsp3) is 0.385. The van der Waals surface area contributed by atoms with Gasteiger partial charge in [0.2, 0.25) is 0 Å². The van der Waals surface area contributed by atoms with E-state index in [4.69, 9.17) is 9.47 Å². The summed E-state index contributed by atoms with van der Waals surface area (Å²) in [4.78, 5) is 0. The quantitative estimate of drug-likeness (QED) is 0.849. The summed E-state index contributed by atoms with van der Waals surface area (Å²) in [6.45, 7) is 2.63. The molecular formula is C13H16O3. The van der Waals surface area contributed by atoms with E-state index in [1.807, 2.05) is 31.2 Å². The molecule has 2 rings (SSSR count). The van der Waals surface area contributed by atoms with Crippen molar-refractivity contribution >= 4 is 0 Å². The fourth-order valence-electron chi connectivity index (χ4n) is 1.80. The molecule has 1 heterocycles. The number of hydrogen-bond donors (Lipinski definition) is 1. The molecule has 1 aromatic rings. The second kappa shape index (κ2) is 4.58. The van der Waals surface area contributed by atoms with Gasteiger partial charge in [-0.05, 0) is 30.2 Å². The monoisotopic (exact) mass is 220 g/mol. The second-order valence-corrected chi connectivity index (χ2v) is 3.88. The van der Waals surface area contributed by atoms with E-state index in [2.05, 4.69) is 0 Å². The molecule has 0 saturated heterocycles. The molecule has 0 saturated carbocycles. The Morgan fingerprint density at radius 1 is 1.44 bits per heavy atom. The lowest BCUT2D eigenvalue weighted by Crippen LogP contribution is -2.03. The van der Waals surface area contributed by atoms with Crippen molar-refractivity contribution in [3.05, 3.63) is 41.2 Å². The van der Waals surface area contributed by atoms with Crippen molar-refractivity contribution in [2.75, 3.05) is 13.7 Å². The number of aliphatic hydroxyl groups is 1. The van der Waals surface area contributed by atoms with Crippen LogP contribution in [0.4, 0.5) is 0 Å². The largest absolute Gasteiger partial charge is 0.496 e. The smallest absolute Gasteiger partial charge is 0.136 e. The average molecular weight is 220 g/mol. The van der Waals surface area contributed by atoms with Gasteiger partial charge >= 0.3 is 0 Å². The zero-order chi connectivity index (χ0) is 11.5. The van der Waals surface area contributed by atoms with Crippen molar-refractivity contribution < 1.29 is 14.6 Å². The number of rotatable bonds is 3. The average Bonchev–Trinajstić information content (AvgIpc) is 2.82. The van der Waals surface area contributed by atoms with Crippen LogP contribution in [0.25, 0.3) is 0 Å². The summed E-state index contributed by atoms with van der Waals surface area (Å²) in [5.41, 5.74) is 1.86. The van der Waals surface area contributed by atoms with E-state index in [0.29, 0.717) is 12.4 Å². The number of hydrogen-bond acceptors (Lipinski definition) is 3. The first-order valence-corrected chi connectivity index (χ1v) is 5.38. The maximum atomic E-state index is 10.1. The highest BCUT2D eigenvalue weighted by atomic mass is 16.5. The maximum Gasteiger partial charge on any atom is 0.136 e. The maximum absolute atomic E-state index is 10.1. The standard InChI is InChI=1S/C13H16O3/c1-9-5-6-10(8-12(9)15-2)13(14)11-4-3-7-16-11/h4-6,8,13-14H,3,7H2,1-2H3. The van der Waals surface area contributed by atoms with Crippen molar-refractivity contribution in [1.82, 2.24) is 0 Å².